The fraction of sp³-hybridized carbons (Fsp3) is 0.300. The number of ether oxygens (including phenoxy) is 1. The number of aryl methyl sites for hydroxylation is 1. The molecule has 0 atom stereocenters. The van der Waals surface area contributed by atoms with Crippen LogP contribution in [0, 0.1) is 0 Å². The number of thiazole rings is 1. The number of carbonyl (C=O) groups excluding carboxylic acids is 1. The van der Waals surface area contributed by atoms with E-state index in [2.05, 4.69) is 24.0 Å². The molecule has 0 saturated carbocycles. The second-order valence-electron chi connectivity index (χ2n) is 5.88. The largest absolute Gasteiger partial charge is 0.494 e. The lowest BCUT2D eigenvalue weighted by atomic mass is 10.1. The summed E-state index contributed by atoms with van der Waals surface area (Å²) in [6.07, 6.45) is 2.14. The Labute approximate surface area is 151 Å². The fourth-order valence-electron chi connectivity index (χ4n) is 2.53. The Hall–Kier alpha value is -2.40. The number of carbonyl (C=O) groups is 1. The van der Waals surface area contributed by atoms with Crippen molar-refractivity contribution in [2.45, 2.75) is 19.8 Å². The highest BCUT2D eigenvalue weighted by Crippen LogP contribution is 2.16. The molecule has 0 saturated heterocycles. The van der Waals surface area contributed by atoms with Crippen LogP contribution >= 0.6 is 11.3 Å². The first-order valence-corrected chi connectivity index (χ1v) is 9.32. The lowest BCUT2D eigenvalue weighted by Gasteiger charge is -2.05. The van der Waals surface area contributed by atoms with Crippen molar-refractivity contribution < 1.29 is 9.53 Å². The Balaban J connectivity index is 1.70. The minimum atomic E-state index is 0.0116. The first-order chi connectivity index (χ1) is 12.2. The van der Waals surface area contributed by atoms with E-state index in [9.17, 15) is 4.79 Å². The molecule has 0 aliphatic heterocycles. The Bertz CT molecular complexity index is 923. The average Bonchev–Trinajstić information content (AvgIpc) is 2.97. The average molecular weight is 354 g/mol. The van der Waals surface area contributed by atoms with Crippen molar-refractivity contribution in [3.63, 3.8) is 0 Å². The van der Waals surface area contributed by atoms with Crippen molar-refractivity contribution in [3.05, 3.63) is 58.9 Å². The first-order valence-electron chi connectivity index (χ1n) is 8.50. The standard InChI is InChI=1S/C20H22N2O2S/c1-3-4-13-24-16-11-9-15(10-12-16)18(23)14-21-20-22(2)17-7-5-6-8-19(17)25-20/h5-12H,3-4,13-14H2,1-2H3. The molecule has 0 bridgehead atoms. The molecule has 3 aromatic rings. The number of unbranched alkanes of at least 4 members (excludes halogenated alkanes) is 1. The summed E-state index contributed by atoms with van der Waals surface area (Å²) < 4.78 is 8.82. The quantitative estimate of drug-likeness (QED) is 0.471. The van der Waals surface area contributed by atoms with Crippen LogP contribution in [0.4, 0.5) is 0 Å². The molecule has 0 amide bonds. The van der Waals surface area contributed by atoms with Crippen LogP contribution in [0.1, 0.15) is 30.1 Å². The van der Waals surface area contributed by atoms with E-state index in [-0.39, 0.29) is 12.3 Å². The fourth-order valence-corrected chi connectivity index (χ4v) is 3.55. The number of hydrogen-bond acceptors (Lipinski definition) is 4. The minimum absolute atomic E-state index is 0.0116. The zero-order chi connectivity index (χ0) is 17.6. The van der Waals surface area contributed by atoms with E-state index in [4.69, 9.17) is 4.74 Å². The summed E-state index contributed by atoms with van der Waals surface area (Å²) >= 11 is 1.60. The highest BCUT2D eigenvalue weighted by Gasteiger charge is 2.06. The van der Waals surface area contributed by atoms with Gasteiger partial charge in [0.25, 0.3) is 0 Å². The van der Waals surface area contributed by atoms with E-state index in [1.807, 2.05) is 48.0 Å². The second-order valence-corrected chi connectivity index (χ2v) is 6.89. The number of hydrogen-bond donors (Lipinski definition) is 0. The monoisotopic (exact) mass is 354 g/mol. The summed E-state index contributed by atoms with van der Waals surface area (Å²) in [5.41, 5.74) is 1.79. The van der Waals surface area contributed by atoms with Crippen molar-refractivity contribution in [3.8, 4) is 5.75 Å². The molecule has 0 fully saturated rings. The Morgan fingerprint density at radius 1 is 1.16 bits per heavy atom. The Morgan fingerprint density at radius 3 is 2.64 bits per heavy atom. The summed E-state index contributed by atoms with van der Waals surface area (Å²) in [6, 6.07) is 15.5. The molecule has 3 rings (SSSR count). The third-order valence-electron chi connectivity index (χ3n) is 4.02. The van der Waals surface area contributed by atoms with E-state index in [1.54, 1.807) is 11.3 Å². The van der Waals surface area contributed by atoms with Crippen LogP contribution in [0.15, 0.2) is 53.5 Å². The summed E-state index contributed by atoms with van der Waals surface area (Å²) in [5.74, 6) is 0.815. The summed E-state index contributed by atoms with van der Waals surface area (Å²) in [6.45, 7) is 2.99. The molecule has 0 spiro atoms. The summed E-state index contributed by atoms with van der Waals surface area (Å²) in [7, 11) is 1.98. The molecule has 130 valence electrons. The van der Waals surface area contributed by atoms with Crippen LogP contribution in [0.3, 0.4) is 0 Å². The number of Topliss-reactive ketones (excluding diaryl/α,β-unsaturated/α-hetero) is 1. The molecule has 2 aromatic carbocycles. The van der Waals surface area contributed by atoms with Crippen LogP contribution < -0.4 is 9.54 Å². The Kier molecular flexibility index (Phi) is 5.66. The molecule has 1 heterocycles. The van der Waals surface area contributed by atoms with Gasteiger partial charge in [-0.25, -0.2) is 0 Å². The third-order valence-corrected chi connectivity index (χ3v) is 5.17. The topological polar surface area (TPSA) is 43.6 Å². The molecule has 25 heavy (non-hydrogen) atoms. The van der Waals surface area contributed by atoms with Gasteiger partial charge in [0, 0.05) is 12.6 Å². The van der Waals surface area contributed by atoms with Crippen molar-refractivity contribution in [1.29, 1.82) is 0 Å². The lowest BCUT2D eigenvalue weighted by Crippen LogP contribution is -2.14. The van der Waals surface area contributed by atoms with Crippen molar-refractivity contribution in [1.82, 2.24) is 4.57 Å². The van der Waals surface area contributed by atoms with Crippen molar-refractivity contribution >= 4 is 27.3 Å². The van der Waals surface area contributed by atoms with Gasteiger partial charge < -0.3 is 9.30 Å². The number of fused-ring (bicyclic) bond motifs is 1. The zero-order valence-corrected chi connectivity index (χ0v) is 15.4. The van der Waals surface area contributed by atoms with E-state index >= 15 is 0 Å². The molecule has 0 aliphatic rings. The number of nitrogens with zero attached hydrogens (tertiary/aromatic N) is 2. The SMILES string of the molecule is CCCCOc1ccc(C(=O)CN=c2sc3ccccc3n2C)cc1. The number of ketones is 1. The molecule has 1 aromatic heterocycles. The minimum Gasteiger partial charge on any atom is -0.494 e. The highest BCUT2D eigenvalue weighted by atomic mass is 32.1. The van der Waals surface area contributed by atoms with E-state index in [1.165, 1.54) is 4.70 Å². The van der Waals surface area contributed by atoms with Gasteiger partial charge in [-0.1, -0.05) is 36.8 Å². The van der Waals surface area contributed by atoms with Gasteiger partial charge in [-0.3, -0.25) is 9.79 Å². The van der Waals surface area contributed by atoms with Gasteiger partial charge in [-0.2, -0.15) is 0 Å². The van der Waals surface area contributed by atoms with Gasteiger partial charge in [0.1, 0.15) is 12.3 Å². The predicted octanol–water partition coefficient (Wildman–Crippen LogP) is 4.20. The van der Waals surface area contributed by atoms with E-state index < -0.39 is 0 Å². The smallest absolute Gasteiger partial charge is 0.185 e. The van der Waals surface area contributed by atoms with Crippen LogP contribution in [-0.2, 0) is 7.05 Å². The van der Waals surface area contributed by atoms with Gasteiger partial charge in [0.15, 0.2) is 10.6 Å². The molecular formula is C20H22N2O2S. The van der Waals surface area contributed by atoms with Gasteiger partial charge >= 0.3 is 0 Å². The Morgan fingerprint density at radius 2 is 1.92 bits per heavy atom. The van der Waals surface area contributed by atoms with Gasteiger partial charge in [-0.05, 0) is 42.8 Å². The van der Waals surface area contributed by atoms with Crippen LogP contribution in [-0.4, -0.2) is 23.5 Å². The third kappa shape index (κ3) is 4.17. The molecule has 4 nitrogen and oxygen atoms in total. The van der Waals surface area contributed by atoms with E-state index in [0.717, 1.165) is 28.9 Å². The predicted molar refractivity (Wildman–Crippen MR) is 102 cm³/mol. The molecule has 0 radical (unpaired) electrons. The summed E-state index contributed by atoms with van der Waals surface area (Å²) in [5, 5.41) is 0. The maximum absolute atomic E-state index is 12.4. The molecule has 5 heteroatoms. The van der Waals surface area contributed by atoms with Gasteiger partial charge in [-0.15, -0.1) is 0 Å². The highest BCUT2D eigenvalue weighted by molar-refractivity contribution is 7.16. The number of para-hydroxylation sites is 1. The normalized spacial score (nSPS) is 11.8. The van der Waals surface area contributed by atoms with Crippen LogP contribution in [0.5, 0.6) is 5.75 Å². The van der Waals surface area contributed by atoms with Gasteiger partial charge in [0.05, 0.1) is 16.8 Å². The van der Waals surface area contributed by atoms with Crippen molar-refractivity contribution in [2.75, 3.05) is 13.2 Å². The molecule has 0 N–H and O–H groups in total. The molecular weight excluding hydrogens is 332 g/mol. The van der Waals surface area contributed by atoms with E-state index in [0.29, 0.717) is 12.2 Å². The van der Waals surface area contributed by atoms with Crippen LogP contribution in [0.25, 0.3) is 10.2 Å². The first kappa shape index (κ1) is 17.4. The number of benzene rings is 2. The second kappa shape index (κ2) is 8.12. The van der Waals surface area contributed by atoms with Gasteiger partial charge in [0.2, 0.25) is 0 Å². The molecule has 0 unspecified atom stereocenters. The van der Waals surface area contributed by atoms with Crippen LogP contribution in [0.2, 0.25) is 0 Å². The summed E-state index contributed by atoms with van der Waals surface area (Å²) in [4.78, 5) is 17.7. The molecule has 0 aliphatic carbocycles. The zero-order valence-electron chi connectivity index (χ0n) is 14.6. The maximum atomic E-state index is 12.4. The number of rotatable bonds is 7. The number of aromatic nitrogens is 1. The lowest BCUT2D eigenvalue weighted by molar-refractivity contribution is 0.100. The van der Waals surface area contributed by atoms with Crippen molar-refractivity contribution in [2.24, 2.45) is 12.0 Å². The maximum Gasteiger partial charge on any atom is 0.185 e.